The topological polar surface area (TPSA) is 98.6 Å². The summed E-state index contributed by atoms with van der Waals surface area (Å²) in [7, 11) is 0. The molecule has 0 aliphatic carbocycles. The van der Waals surface area contributed by atoms with Gasteiger partial charge < -0.3 is 0 Å². The smallest absolute Gasteiger partial charge is 0.258 e. The van der Waals surface area contributed by atoms with E-state index < -0.39 is 15.5 Å². The minimum Gasteiger partial charge on any atom is -0.258 e. The van der Waals surface area contributed by atoms with Gasteiger partial charge in [-0.2, -0.15) is 0 Å². The van der Waals surface area contributed by atoms with E-state index in [2.05, 4.69) is 16.8 Å². The Morgan fingerprint density at radius 2 is 1.43 bits per heavy atom. The fraction of sp³-hybridized carbons (Fsp3) is 0. The largest absolute Gasteiger partial charge is 0.301 e. The number of nitrogens with zero attached hydrogens (tertiary/aromatic N) is 3. The number of rotatable bonds is 4. The number of non-ortho nitro benzene ring substituents is 1. The molecule has 0 fully saturated rings. The summed E-state index contributed by atoms with van der Waals surface area (Å²) in [6.45, 7) is 0. The van der Waals surface area contributed by atoms with Crippen LogP contribution in [0, 0.1) is 32.1 Å². The second-order valence-corrected chi connectivity index (χ2v) is 5.68. The molecule has 0 aromatic heterocycles. The fourth-order valence-electron chi connectivity index (χ4n) is 2.34. The second-order valence-electron chi connectivity index (χ2n) is 5.68. The van der Waals surface area contributed by atoms with E-state index >= 15 is 0 Å². The molecule has 0 atom stereocenters. The first-order chi connectivity index (χ1) is 13.5. The van der Waals surface area contributed by atoms with Crippen molar-refractivity contribution in [3.63, 3.8) is 0 Å². The summed E-state index contributed by atoms with van der Waals surface area (Å²) in [4.78, 5) is 24.6. The standard InChI is InChI=1S/C21H13N3O4/c25-23(26)19-12-13-20(21(14-19)24(27)28)22-15-18-10-8-17(9-11-18)7-6-16-4-2-1-3-5-16/h1-5,8-15H. The number of benzene rings is 3. The van der Waals surface area contributed by atoms with Gasteiger partial charge in [0.2, 0.25) is 0 Å². The van der Waals surface area contributed by atoms with Crippen molar-refractivity contribution in [1.29, 1.82) is 0 Å². The van der Waals surface area contributed by atoms with Gasteiger partial charge in [-0.1, -0.05) is 42.2 Å². The molecule has 0 N–H and O–H groups in total. The highest BCUT2D eigenvalue weighted by molar-refractivity contribution is 5.83. The molecule has 0 spiro atoms. The predicted molar refractivity (Wildman–Crippen MR) is 106 cm³/mol. The molecule has 0 amide bonds. The molecular weight excluding hydrogens is 358 g/mol. The number of hydrogen-bond donors (Lipinski definition) is 0. The summed E-state index contributed by atoms with van der Waals surface area (Å²) in [6, 6.07) is 20.2. The van der Waals surface area contributed by atoms with E-state index in [9.17, 15) is 20.2 Å². The van der Waals surface area contributed by atoms with Crippen molar-refractivity contribution in [1.82, 2.24) is 0 Å². The third-order valence-electron chi connectivity index (χ3n) is 3.75. The molecule has 28 heavy (non-hydrogen) atoms. The van der Waals surface area contributed by atoms with Crippen molar-refractivity contribution >= 4 is 23.3 Å². The summed E-state index contributed by atoms with van der Waals surface area (Å²) in [5, 5.41) is 21.9. The lowest BCUT2D eigenvalue weighted by Crippen LogP contribution is -1.93. The van der Waals surface area contributed by atoms with E-state index in [0.29, 0.717) is 0 Å². The number of hydrogen-bond acceptors (Lipinski definition) is 5. The quantitative estimate of drug-likeness (QED) is 0.288. The molecule has 136 valence electrons. The van der Waals surface area contributed by atoms with Gasteiger partial charge in [-0.3, -0.25) is 20.2 Å². The van der Waals surface area contributed by atoms with Gasteiger partial charge in [-0.15, -0.1) is 0 Å². The van der Waals surface area contributed by atoms with Crippen molar-refractivity contribution < 1.29 is 9.85 Å². The highest BCUT2D eigenvalue weighted by atomic mass is 16.6. The van der Waals surface area contributed by atoms with E-state index in [4.69, 9.17) is 0 Å². The van der Waals surface area contributed by atoms with Crippen molar-refractivity contribution in [2.24, 2.45) is 4.99 Å². The van der Waals surface area contributed by atoms with E-state index in [1.807, 2.05) is 42.5 Å². The summed E-state index contributed by atoms with van der Waals surface area (Å²) in [5.41, 5.74) is 1.73. The first-order valence-corrected chi connectivity index (χ1v) is 8.17. The van der Waals surface area contributed by atoms with Gasteiger partial charge >= 0.3 is 5.69 Å². The zero-order valence-electron chi connectivity index (χ0n) is 14.5. The molecular formula is C21H13N3O4. The zero-order valence-corrected chi connectivity index (χ0v) is 14.5. The Balaban J connectivity index is 1.79. The number of nitro benzene ring substituents is 2. The third-order valence-corrected chi connectivity index (χ3v) is 3.75. The molecule has 0 aliphatic rings. The third kappa shape index (κ3) is 4.65. The molecule has 7 heteroatoms. The van der Waals surface area contributed by atoms with Gasteiger partial charge in [0, 0.05) is 23.4 Å². The van der Waals surface area contributed by atoms with Gasteiger partial charge in [0.05, 0.1) is 15.9 Å². The van der Waals surface area contributed by atoms with Crippen LogP contribution in [-0.2, 0) is 0 Å². The molecule has 0 bridgehead atoms. The molecule has 0 saturated heterocycles. The second kappa shape index (κ2) is 8.38. The summed E-state index contributed by atoms with van der Waals surface area (Å²) in [6.07, 6.45) is 1.46. The molecule has 3 aromatic rings. The van der Waals surface area contributed by atoms with Crippen molar-refractivity contribution in [2.75, 3.05) is 0 Å². The van der Waals surface area contributed by atoms with Crippen molar-refractivity contribution in [3.8, 4) is 11.8 Å². The molecule has 7 nitrogen and oxygen atoms in total. The Bertz CT molecular complexity index is 1110. The SMILES string of the molecule is O=[N+]([O-])c1ccc(N=Cc2ccc(C#Cc3ccccc3)cc2)c([N+](=O)[O-])c1. The molecule has 3 rings (SSSR count). The van der Waals surface area contributed by atoms with E-state index in [1.165, 1.54) is 18.3 Å². The van der Waals surface area contributed by atoms with Crippen LogP contribution in [0.15, 0.2) is 77.8 Å². The summed E-state index contributed by atoms with van der Waals surface area (Å²) in [5.74, 6) is 6.11. The minimum atomic E-state index is -0.693. The maximum atomic E-state index is 11.1. The van der Waals surface area contributed by atoms with Crippen molar-refractivity contribution in [3.05, 3.63) is 110 Å². The lowest BCUT2D eigenvalue weighted by Gasteiger charge is -1.98. The van der Waals surface area contributed by atoms with Crippen molar-refractivity contribution in [2.45, 2.75) is 0 Å². The van der Waals surface area contributed by atoms with Crippen LogP contribution in [0.25, 0.3) is 0 Å². The lowest BCUT2D eigenvalue weighted by atomic mass is 10.1. The Kier molecular flexibility index (Phi) is 5.53. The summed E-state index contributed by atoms with van der Waals surface area (Å²) < 4.78 is 0. The van der Waals surface area contributed by atoms with Gasteiger partial charge in [0.15, 0.2) is 0 Å². The monoisotopic (exact) mass is 371 g/mol. The van der Waals surface area contributed by atoms with Gasteiger partial charge in [-0.05, 0) is 35.9 Å². The highest BCUT2D eigenvalue weighted by Crippen LogP contribution is 2.31. The molecule has 0 heterocycles. The maximum Gasteiger partial charge on any atom is 0.301 e. The van der Waals surface area contributed by atoms with Gasteiger partial charge in [-0.25, -0.2) is 4.99 Å². The molecule has 0 radical (unpaired) electrons. The number of nitro groups is 2. The predicted octanol–water partition coefficient (Wildman–Crippen LogP) is 4.65. The van der Waals surface area contributed by atoms with Crippen LogP contribution in [0.2, 0.25) is 0 Å². The normalized spacial score (nSPS) is 10.3. The molecule has 0 aliphatic heterocycles. The van der Waals surface area contributed by atoms with Crippen LogP contribution in [0.5, 0.6) is 0 Å². The van der Waals surface area contributed by atoms with E-state index in [0.717, 1.165) is 22.8 Å². The first kappa shape index (κ1) is 18.5. The fourth-order valence-corrected chi connectivity index (χ4v) is 2.34. The Morgan fingerprint density at radius 3 is 2.04 bits per heavy atom. The maximum absolute atomic E-state index is 11.1. The van der Waals surface area contributed by atoms with Gasteiger partial charge in [0.1, 0.15) is 5.69 Å². The zero-order chi connectivity index (χ0) is 19.9. The van der Waals surface area contributed by atoms with Gasteiger partial charge in [0.25, 0.3) is 5.69 Å². The Hall–Kier alpha value is -4.31. The molecule has 3 aromatic carbocycles. The van der Waals surface area contributed by atoms with Crippen LogP contribution < -0.4 is 0 Å². The lowest BCUT2D eigenvalue weighted by molar-refractivity contribution is -0.393. The van der Waals surface area contributed by atoms with Crippen LogP contribution >= 0.6 is 0 Å². The molecule has 0 saturated carbocycles. The number of aliphatic imine (C=N–C) groups is 1. The first-order valence-electron chi connectivity index (χ1n) is 8.17. The minimum absolute atomic E-state index is 0.0449. The van der Waals surface area contributed by atoms with Crippen LogP contribution in [0.4, 0.5) is 17.1 Å². The van der Waals surface area contributed by atoms with E-state index in [1.54, 1.807) is 12.1 Å². The average Bonchev–Trinajstić information content (AvgIpc) is 2.72. The van der Waals surface area contributed by atoms with Crippen LogP contribution in [0.3, 0.4) is 0 Å². The Morgan fingerprint density at radius 1 is 0.786 bits per heavy atom. The van der Waals surface area contributed by atoms with Crippen LogP contribution in [0.1, 0.15) is 16.7 Å². The van der Waals surface area contributed by atoms with Crippen LogP contribution in [-0.4, -0.2) is 16.1 Å². The highest BCUT2D eigenvalue weighted by Gasteiger charge is 2.18. The molecule has 0 unspecified atom stereocenters. The Labute approximate surface area is 160 Å². The summed E-state index contributed by atoms with van der Waals surface area (Å²) >= 11 is 0. The van der Waals surface area contributed by atoms with E-state index in [-0.39, 0.29) is 11.4 Å². The average molecular weight is 371 g/mol.